The van der Waals surface area contributed by atoms with Gasteiger partial charge in [0.1, 0.15) is 0 Å². The third-order valence-corrected chi connectivity index (χ3v) is 1.80. The molecule has 10 heavy (non-hydrogen) atoms. The van der Waals surface area contributed by atoms with Crippen LogP contribution in [-0.2, 0) is 0 Å². The second-order valence-corrected chi connectivity index (χ2v) is 3.06. The quantitative estimate of drug-likeness (QED) is 0.732. The van der Waals surface area contributed by atoms with Gasteiger partial charge in [0, 0.05) is 11.1 Å². The molecule has 54 valence electrons. The lowest BCUT2D eigenvalue weighted by Gasteiger charge is -2.00. The van der Waals surface area contributed by atoms with Gasteiger partial charge in [0.15, 0.2) is 0 Å². The first-order chi connectivity index (χ1) is 4.74. The minimum absolute atomic E-state index is 0.581. The van der Waals surface area contributed by atoms with Crippen LogP contribution in [0.1, 0.15) is 0 Å². The monoisotopic (exact) mass is 219 g/mol. The second kappa shape index (κ2) is 3.25. The third kappa shape index (κ3) is 1.64. The first kappa shape index (κ1) is 7.88. The summed E-state index contributed by atoms with van der Waals surface area (Å²) in [5.41, 5.74) is 0. The van der Waals surface area contributed by atoms with E-state index in [1.165, 1.54) is 0 Å². The van der Waals surface area contributed by atoms with Crippen molar-refractivity contribution in [2.24, 2.45) is 0 Å². The molecule has 1 aromatic heterocycles. The van der Waals surface area contributed by atoms with Crippen LogP contribution in [0.3, 0.4) is 0 Å². The summed E-state index contributed by atoms with van der Waals surface area (Å²) in [6.07, 6.45) is 1.63. The average molecular weight is 220 g/mol. The van der Waals surface area contributed by atoms with Crippen LogP contribution >= 0.6 is 28.6 Å². The lowest BCUT2D eigenvalue weighted by atomic mass is 10.5. The van der Waals surface area contributed by atoms with Crippen molar-refractivity contribution in [3.63, 3.8) is 0 Å². The Labute approximate surface area is 73.2 Å². The minimum atomic E-state index is 0.581. The van der Waals surface area contributed by atoms with Gasteiger partial charge in [-0.2, -0.15) is 0 Å². The van der Waals surface area contributed by atoms with Gasteiger partial charge in [-0.1, -0.05) is 0 Å². The maximum Gasteiger partial charge on any atom is 0.227 e. The molecule has 0 saturated carbocycles. The largest absolute Gasteiger partial charge is 0.480 e. The first-order valence-corrected chi connectivity index (χ1v) is 3.86. The Morgan fingerprint density at radius 1 is 1.70 bits per heavy atom. The molecule has 0 fully saturated rings. The number of aromatic nitrogens is 1. The van der Waals surface area contributed by atoms with Crippen LogP contribution in [0.15, 0.2) is 21.6 Å². The summed E-state index contributed by atoms with van der Waals surface area (Å²) in [7, 11) is 1.57. The lowest BCUT2D eigenvalue weighted by molar-refractivity contribution is 0.394. The number of pyridine rings is 1. The van der Waals surface area contributed by atoms with Crippen LogP contribution < -0.4 is 4.74 Å². The summed E-state index contributed by atoms with van der Waals surface area (Å²) >= 11 is 7.36. The number of hydrogen-bond acceptors (Lipinski definition) is 3. The Balaban J connectivity index is 3.07. The highest BCUT2D eigenvalue weighted by Gasteiger charge is 1.99. The molecule has 0 aliphatic carbocycles. The topological polar surface area (TPSA) is 22.1 Å². The Hall–Kier alpha value is -0.220. The molecular formula is C6H6BrNOS. The third-order valence-electron chi connectivity index (χ3n) is 0.986. The van der Waals surface area contributed by atoms with Crippen molar-refractivity contribution < 1.29 is 4.74 Å². The van der Waals surface area contributed by atoms with Gasteiger partial charge in [-0.3, -0.25) is 0 Å². The van der Waals surface area contributed by atoms with E-state index in [-0.39, 0.29) is 0 Å². The van der Waals surface area contributed by atoms with Crippen LogP contribution in [0, 0.1) is 0 Å². The number of halogens is 1. The molecule has 0 saturated heterocycles. The summed E-state index contributed by atoms with van der Waals surface area (Å²) < 4.78 is 5.73. The molecule has 4 heteroatoms. The number of methoxy groups -OCH3 is 1. The molecule has 1 rings (SSSR count). The van der Waals surface area contributed by atoms with Crippen molar-refractivity contribution in [3.05, 3.63) is 16.7 Å². The Morgan fingerprint density at radius 3 is 2.90 bits per heavy atom. The number of thiol groups is 1. The predicted molar refractivity (Wildman–Crippen MR) is 45.7 cm³/mol. The van der Waals surface area contributed by atoms with Crippen molar-refractivity contribution >= 4 is 28.6 Å². The molecule has 0 bridgehead atoms. The Bertz CT molecular complexity index is 241. The first-order valence-electron chi connectivity index (χ1n) is 2.62. The van der Waals surface area contributed by atoms with Crippen LogP contribution in [0.5, 0.6) is 5.88 Å². The van der Waals surface area contributed by atoms with Gasteiger partial charge < -0.3 is 4.74 Å². The zero-order valence-corrected chi connectivity index (χ0v) is 7.82. The van der Waals surface area contributed by atoms with E-state index < -0.39 is 0 Å². The molecule has 0 aliphatic heterocycles. The van der Waals surface area contributed by atoms with Gasteiger partial charge >= 0.3 is 0 Å². The Kier molecular flexibility index (Phi) is 2.56. The number of ether oxygens (including phenoxy) is 1. The van der Waals surface area contributed by atoms with E-state index in [1.54, 1.807) is 13.3 Å². The molecular weight excluding hydrogens is 214 g/mol. The molecule has 0 spiro atoms. The summed E-state index contributed by atoms with van der Waals surface area (Å²) in [5.74, 6) is 0.581. The Morgan fingerprint density at radius 2 is 2.40 bits per heavy atom. The SMILES string of the molecule is COc1ncc(S)cc1Br. The van der Waals surface area contributed by atoms with Crippen LogP contribution in [0.2, 0.25) is 0 Å². The molecule has 1 aromatic rings. The van der Waals surface area contributed by atoms with E-state index in [9.17, 15) is 0 Å². The highest BCUT2D eigenvalue weighted by atomic mass is 79.9. The van der Waals surface area contributed by atoms with Gasteiger partial charge in [0.2, 0.25) is 5.88 Å². The van der Waals surface area contributed by atoms with Gasteiger partial charge in [0.05, 0.1) is 11.6 Å². The average Bonchev–Trinajstić information content (AvgIpc) is 1.88. The molecule has 0 atom stereocenters. The standard InChI is InChI=1S/C6H6BrNOS/c1-9-6-5(7)2-4(10)3-8-6/h2-3,10H,1H3. The van der Waals surface area contributed by atoms with E-state index in [4.69, 9.17) is 4.74 Å². The maximum atomic E-state index is 4.91. The summed E-state index contributed by atoms with van der Waals surface area (Å²) in [6, 6.07) is 1.83. The minimum Gasteiger partial charge on any atom is -0.480 e. The summed E-state index contributed by atoms with van der Waals surface area (Å²) in [6.45, 7) is 0. The van der Waals surface area contributed by atoms with E-state index in [2.05, 4.69) is 33.5 Å². The normalized spacial score (nSPS) is 9.50. The highest BCUT2D eigenvalue weighted by molar-refractivity contribution is 9.10. The van der Waals surface area contributed by atoms with E-state index in [1.807, 2.05) is 6.07 Å². The van der Waals surface area contributed by atoms with Gasteiger partial charge in [0.25, 0.3) is 0 Å². The fourth-order valence-electron chi connectivity index (χ4n) is 0.565. The molecule has 2 nitrogen and oxygen atoms in total. The number of nitrogens with zero attached hydrogens (tertiary/aromatic N) is 1. The van der Waals surface area contributed by atoms with E-state index in [0.29, 0.717) is 5.88 Å². The van der Waals surface area contributed by atoms with Crippen molar-refractivity contribution in [1.29, 1.82) is 0 Å². The fourth-order valence-corrected chi connectivity index (χ4v) is 1.44. The molecule has 0 aliphatic rings. The number of rotatable bonds is 1. The van der Waals surface area contributed by atoms with Crippen molar-refractivity contribution in [2.45, 2.75) is 4.90 Å². The van der Waals surface area contributed by atoms with Crippen molar-refractivity contribution in [1.82, 2.24) is 4.98 Å². The molecule has 0 amide bonds. The number of hydrogen-bond donors (Lipinski definition) is 1. The van der Waals surface area contributed by atoms with E-state index >= 15 is 0 Å². The zero-order chi connectivity index (χ0) is 7.56. The van der Waals surface area contributed by atoms with Crippen molar-refractivity contribution in [2.75, 3.05) is 7.11 Å². The summed E-state index contributed by atoms with van der Waals surface area (Å²) in [4.78, 5) is 4.76. The lowest BCUT2D eigenvalue weighted by Crippen LogP contribution is -1.87. The van der Waals surface area contributed by atoms with Crippen LogP contribution in [-0.4, -0.2) is 12.1 Å². The smallest absolute Gasteiger partial charge is 0.227 e. The molecule has 0 unspecified atom stereocenters. The maximum absolute atomic E-state index is 4.91. The summed E-state index contributed by atoms with van der Waals surface area (Å²) in [5, 5.41) is 0. The van der Waals surface area contributed by atoms with Crippen molar-refractivity contribution in [3.8, 4) is 5.88 Å². The zero-order valence-electron chi connectivity index (χ0n) is 5.34. The van der Waals surface area contributed by atoms with Crippen LogP contribution in [0.4, 0.5) is 0 Å². The van der Waals surface area contributed by atoms with Crippen LogP contribution in [0.25, 0.3) is 0 Å². The highest BCUT2D eigenvalue weighted by Crippen LogP contribution is 2.23. The molecule has 1 heterocycles. The van der Waals surface area contributed by atoms with Gasteiger partial charge in [-0.05, 0) is 22.0 Å². The second-order valence-electron chi connectivity index (χ2n) is 1.68. The molecule has 0 N–H and O–H groups in total. The molecule has 0 aromatic carbocycles. The van der Waals surface area contributed by atoms with Gasteiger partial charge in [-0.15, -0.1) is 12.6 Å². The predicted octanol–water partition coefficient (Wildman–Crippen LogP) is 2.14. The van der Waals surface area contributed by atoms with E-state index in [0.717, 1.165) is 9.37 Å². The fraction of sp³-hybridized carbons (Fsp3) is 0.167. The van der Waals surface area contributed by atoms with Gasteiger partial charge in [-0.25, -0.2) is 4.98 Å². The molecule has 0 radical (unpaired) electrons.